The topological polar surface area (TPSA) is 52.6 Å². The summed E-state index contributed by atoms with van der Waals surface area (Å²) in [5.41, 5.74) is 6.12. The molecule has 2 aromatic carbocycles. The third-order valence-corrected chi connectivity index (χ3v) is 6.35. The molecule has 6 nitrogen and oxygen atoms in total. The fourth-order valence-corrected chi connectivity index (χ4v) is 4.35. The number of carbonyl (C=O) groups is 1. The first-order chi connectivity index (χ1) is 15.4. The molecule has 1 aliphatic rings. The quantitative estimate of drug-likeness (QED) is 0.565. The average molecular weight is 430 g/mol. The van der Waals surface area contributed by atoms with Gasteiger partial charge in [0.25, 0.3) is 5.91 Å². The van der Waals surface area contributed by atoms with E-state index in [1.165, 1.54) is 16.8 Å². The molecule has 0 atom stereocenters. The van der Waals surface area contributed by atoms with E-state index in [1.807, 2.05) is 36.2 Å². The summed E-state index contributed by atoms with van der Waals surface area (Å²) in [6.45, 7) is 8.55. The van der Waals surface area contributed by atoms with Gasteiger partial charge in [-0.05, 0) is 62.6 Å². The zero-order chi connectivity index (χ0) is 22.8. The van der Waals surface area contributed by atoms with Crippen LogP contribution in [0.15, 0.2) is 48.7 Å². The molecular weight excluding hydrogens is 398 g/mol. The molecule has 0 fully saturated rings. The van der Waals surface area contributed by atoms with E-state index in [0.717, 1.165) is 48.9 Å². The van der Waals surface area contributed by atoms with Crippen molar-refractivity contribution in [2.45, 2.75) is 33.6 Å². The van der Waals surface area contributed by atoms with Crippen molar-refractivity contribution in [2.24, 2.45) is 0 Å². The van der Waals surface area contributed by atoms with E-state index < -0.39 is 0 Å². The summed E-state index contributed by atoms with van der Waals surface area (Å²) in [6.07, 6.45) is 3.39. The average Bonchev–Trinajstić information content (AvgIpc) is 2.89. The maximum Gasteiger partial charge on any atom is 0.260 e. The van der Waals surface area contributed by atoms with E-state index in [2.05, 4.69) is 48.9 Å². The highest BCUT2D eigenvalue weighted by Gasteiger charge is 2.28. The van der Waals surface area contributed by atoms with Crippen LogP contribution in [0.1, 0.15) is 41.2 Å². The Balaban J connectivity index is 1.59. The second-order valence-corrected chi connectivity index (χ2v) is 8.22. The number of amides is 1. The van der Waals surface area contributed by atoms with Crippen molar-refractivity contribution in [1.82, 2.24) is 9.97 Å². The highest BCUT2D eigenvalue weighted by Crippen LogP contribution is 2.37. The van der Waals surface area contributed by atoms with Crippen LogP contribution in [0.3, 0.4) is 0 Å². The Morgan fingerprint density at radius 1 is 0.938 bits per heavy atom. The number of benzene rings is 2. The summed E-state index contributed by atoms with van der Waals surface area (Å²) >= 11 is 0. The van der Waals surface area contributed by atoms with Crippen molar-refractivity contribution in [2.75, 3.05) is 41.9 Å². The number of carbonyl (C=O) groups excluding carboxylic acids is 1. The zero-order valence-corrected chi connectivity index (χ0v) is 19.6. The Morgan fingerprint density at radius 3 is 2.41 bits per heavy atom. The van der Waals surface area contributed by atoms with E-state index >= 15 is 0 Å². The molecule has 0 N–H and O–H groups in total. The van der Waals surface area contributed by atoms with Crippen LogP contribution in [0.25, 0.3) is 0 Å². The maximum atomic E-state index is 12.9. The molecule has 0 aliphatic carbocycles. The number of nitrogens with zero attached hydrogens (tertiary/aromatic N) is 5. The minimum Gasteiger partial charge on any atom is -0.372 e. The van der Waals surface area contributed by atoms with Crippen LogP contribution in [-0.4, -0.2) is 43.1 Å². The zero-order valence-electron chi connectivity index (χ0n) is 19.6. The summed E-state index contributed by atoms with van der Waals surface area (Å²) in [4.78, 5) is 28.4. The summed E-state index contributed by atoms with van der Waals surface area (Å²) in [5, 5.41) is 0. The first kappa shape index (κ1) is 21.8. The van der Waals surface area contributed by atoms with Gasteiger partial charge < -0.3 is 14.7 Å². The molecule has 166 valence electrons. The molecule has 32 heavy (non-hydrogen) atoms. The second kappa shape index (κ2) is 8.99. The fourth-order valence-electron chi connectivity index (χ4n) is 4.35. The number of aromatic nitrogens is 2. The van der Waals surface area contributed by atoms with Crippen LogP contribution in [-0.2, 0) is 12.8 Å². The van der Waals surface area contributed by atoms with Crippen LogP contribution in [0.4, 0.5) is 22.9 Å². The fraction of sp³-hybridized carbons (Fsp3) is 0.346. The van der Waals surface area contributed by atoms with Gasteiger partial charge in [0, 0.05) is 39.3 Å². The monoisotopic (exact) mass is 429 g/mol. The smallest absolute Gasteiger partial charge is 0.260 e. The first-order valence-electron chi connectivity index (χ1n) is 11.3. The van der Waals surface area contributed by atoms with Gasteiger partial charge in [-0.15, -0.1) is 0 Å². The molecule has 1 aromatic heterocycles. The largest absolute Gasteiger partial charge is 0.372 e. The van der Waals surface area contributed by atoms with Crippen LogP contribution >= 0.6 is 0 Å². The molecule has 4 rings (SSSR count). The van der Waals surface area contributed by atoms with Crippen LogP contribution in [0.2, 0.25) is 0 Å². The first-order valence-corrected chi connectivity index (χ1v) is 11.3. The van der Waals surface area contributed by atoms with Gasteiger partial charge in [-0.2, -0.15) is 0 Å². The van der Waals surface area contributed by atoms with Crippen molar-refractivity contribution in [3.05, 3.63) is 71.2 Å². The SMILES string of the molecule is CCN(CC)c1ccc(CCc2ncc3c(n2)N(C)c2ccccc2C(=O)N3C)c(C)c1. The minimum atomic E-state index is -0.0496. The van der Waals surface area contributed by atoms with Gasteiger partial charge in [0.2, 0.25) is 0 Å². The predicted molar refractivity (Wildman–Crippen MR) is 131 cm³/mol. The van der Waals surface area contributed by atoms with Crippen molar-refractivity contribution >= 4 is 28.8 Å². The number of hydrogen-bond donors (Lipinski definition) is 0. The van der Waals surface area contributed by atoms with E-state index in [4.69, 9.17) is 4.98 Å². The molecule has 0 radical (unpaired) electrons. The van der Waals surface area contributed by atoms with Gasteiger partial charge in [-0.3, -0.25) is 4.79 Å². The van der Waals surface area contributed by atoms with Crippen LogP contribution in [0, 0.1) is 6.92 Å². The van der Waals surface area contributed by atoms with Gasteiger partial charge >= 0.3 is 0 Å². The molecule has 6 heteroatoms. The highest BCUT2D eigenvalue weighted by atomic mass is 16.2. The van der Waals surface area contributed by atoms with E-state index in [9.17, 15) is 4.79 Å². The lowest BCUT2D eigenvalue weighted by molar-refractivity contribution is 0.0994. The highest BCUT2D eigenvalue weighted by molar-refractivity contribution is 6.13. The number of fused-ring (bicyclic) bond motifs is 2. The summed E-state index contributed by atoms with van der Waals surface area (Å²) in [6, 6.07) is 14.3. The lowest BCUT2D eigenvalue weighted by atomic mass is 10.0. The lowest BCUT2D eigenvalue weighted by Crippen LogP contribution is -2.25. The summed E-state index contributed by atoms with van der Waals surface area (Å²) in [5.74, 6) is 1.49. The van der Waals surface area contributed by atoms with Crippen LogP contribution < -0.4 is 14.7 Å². The van der Waals surface area contributed by atoms with E-state index in [0.29, 0.717) is 5.56 Å². The van der Waals surface area contributed by atoms with Crippen molar-refractivity contribution < 1.29 is 4.79 Å². The molecular formula is C26H31N5O. The minimum absolute atomic E-state index is 0.0496. The molecule has 0 bridgehead atoms. The number of para-hydroxylation sites is 1. The van der Waals surface area contributed by atoms with Gasteiger partial charge in [0.1, 0.15) is 11.5 Å². The Bertz CT molecular complexity index is 1140. The number of anilines is 4. The normalized spacial score (nSPS) is 13.0. The number of aryl methyl sites for hydroxylation is 3. The Labute approximate surface area is 190 Å². The molecule has 0 spiro atoms. The third kappa shape index (κ3) is 3.93. The molecule has 3 aromatic rings. The van der Waals surface area contributed by atoms with Crippen molar-refractivity contribution in [3.8, 4) is 0 Å². The summed E-state index contributed by atoms with van der Waals surface area (Å²) < 4.78 is 0. The van der Waals surface area contributed by atoms with Gasteiger partial charge in [-0.1, -0.05) is 18.2 Å². The molecule has 0 saturated heterocycles. The van der Waals surface area contributed by atoms with E-state index in [1.54, 1.807) is 18.1 Å². The van der Waals surface area contributed by atoms with Gasteiger partial charge in [0.05, 0.1) is 17.4 Å². The molecule has 1 amide bonds. The molecule has 0 unspecified atom stereocenters. The Kier molecular flexibility index (Phi) is 6.12. The van der Waals surface area contributed by atoms with Gasteiger partial charge in [0.15, 0.2) is 5.82 Å². The number of rotatable bonds is 6. The van der Waals surface area contributed by atoms with E-state index in [-0.39, 0.29) is 5.91 Å². The third-order valence-electron chi connectivity index (χ3n) is 6.35. The van der Waals surface area contributed by atoms with Crippen molar-refractivity contribution in [3.63, 3.8) is 0 Å². The number of hydrogen-bond acceptors (Lipinski definition) is 5. The predicted octanol–water partition coefficient (Wildman–Crippen LogP) is 4.77. The lowest BCUT2D eigenvalue weighted by Gasteiger charge is -2.22. The molecule has 2 heterocycles. The molecule has 0 saturated carbocycles. The Hall–Kier alpha value is -3.41. The van der Waals surface area contributed by atoms with Gasteiger partial charge in [-0.25, -0.2) is 9.97 Å². The molecule has 1 aliphatic heterocycles. The Morgan fingerprint density at radius 2 is 1.69 bits per heavy atom. The summed E-state index contributed by atoms with van der Waals surface area (Å²) in [7, 11) is 3.73. The van der Waals surface area contributed by atoms with Crippen molar-refractivity contribution in [1.29, 1.82) is 0 Å². The standard InChI is InChI=1S/C26H31N5O/c1-6-31(7-2)20-14-12-19(18(3)16-20)13-15-24-27-17-23-25(28-24)29(4)22-11-9-8-10-21(22)26(32)30(23)5/h8-12,14,16-17H,6-7,13,15H2,1-5H3. The van der Waals surface area contributed by atoms with Crippen LogP contribution in [0.5, 0.6) is 0 Å². The second-order valence-electron chi connectivity index (χ2n) is 8.22. The maximum absolute atomic E-state index is 12.9.